The summed E-state index contributed by atoms with van der Waals surface area (Å²) in [6.07, 6.45) is 0. The van der Waals surface area contributed by atoms with Gasteiger partial charge in [-0.05, 0) is 61.0 Å². The van der Waals surface area contributed by atoms with Crippen LogP contribution in [0.3, 0.4) is 0 Å². The van der Waals surface area contributed by atoms with Crippen LogP contribution in [0.15, 0.2) is 81.6 Å². The van der Waals surface area contributed by atoms with Crippen molar-refractivity contribution in [3.05, 3.63) is 95.0 Å². The fourth-order valence-corrected chi connectivity index (χ4v) is 3.49. The summed E-state index contributed by atoms with van der Waals surface area (Å²) >= 11 is 6.18. The maximum absolute atomic E-state index is 14.0. The highest BCUT2D eigenvalue weighted by Crippen LogP contribution is 2.29. The van der Waals surface area contributed by atoms with Gasteiger partial charge >= 0.3 is 0 Å². The third-order valence-corrected chi connectivity index (χ3v) is 5.44. The average molecular weight is 447 g/mol. The van der Waals surface area contributed by atoms with Crippen LogP contribution in [0.4, 0.5) is 10.1 Å². The van der Waals surface area contributed by atoms with E-state index >= 15 is 0 Å². The highest BCUT2D eigenvalue weighted by Gasteiger charge is 2.16. The molecule has 7 heteroatoms. The Morgan fingerprint density at radius 3 is 2.66 bits per heavy atom. The van der Waals surface area contributed by atoms with Gasteiger partial charge in [0, 0.05) is 16.3 Å². The Labute approximate surface area is 187 Å². The van der Waals surface area contributed by atoms with Crippen molar-refractivity contribution in [2.75, 3.05) is 5.32 Å². The van der Waals surface area contributed by atoms with Gasteiger partial charge in [-0.3, -0.25) is 4.79 Å². The summed E-state index contributed by atoms with van der Waals surface area (Å²) in [7, 11) is 0. The molecule has 1 N–H and O–H groups in total. The van der Waals surface area contributed by atoms with Gasteiger partial charge in [-0.2, -0.15) is 0 Å². The number of halogens is 2. The van der Waals surface area contributed by atoms with Gasteiger partial charge in [-0.15, -0.1) is 0 Å². The van der Waals surface area contributed by atoms with Crippen LogP contribution in [0.5, 0.6) is 0 Å². The Hall–Kier alpha value is -3.90. The summed E-state index contributed by atoms with van der Waals surface area (Å²) in [5, 5.41) is 3.41. The first-order valence-electron chi connectivity index (χ1n) is 9.81. The topological polar surface area (TPSA) is 68.3 Å². The first kappa shape index (κ1) is 20.0. The standard InChI is InChI=1S/C25H16ClFN2O3/c1-14-6-7-15(12-18(14)26)21-10-11-23(31-21)24(30)28-16-8-9-22-20(13-16)29-25(32-22)17-4-2-3-5-19(17)27/h2-13H,1H3,(H,28,30). The second-order valence-corrected chi connectivity index (χ2v) is 7.67. The number of rotatable bonds is 4. The molecule has 0 radical (unpaired) electrons. The normalized spacial score (nSPS) is 11.1. The summed E-state index contributed by atoms with van der Waals surface area (Å²) in [5.74, 6) is 0.0410. The van der Waals surface area contributed by atoms with Crippen LogP contribution in [0.2, 0.25) is 5.02 Å². The van der Waals surface area contributed by atoms with Gasteiger partial charge in [0.25, 0.3) is 5.91 Å². The SMILES string of the molecule is Cc1ccc(-c2ccc(C(=O)Nc3ccc4oc(-c5ccccc5F)nc4c3)o2)cc1Cl. The Balaban J connectivity index is 1.37. The zero-order valence-electron chi connectivity index (χ0n) is 16.9. The van der Waals surface area contributed by atoms with E-state index in [0.717, 1.165) is 11.1 Å². The number of furan rings is 1. The fraction of sp³-hybridized carbons (Fsp3) is 0.0400. The lowest BCUT2D eigenvalue weighted by atomic mass is 10.1. The van der Waals surface area contributed by atoms with E-state index in [9.17, 15) is 9.18 Å². The number of nitrogens with zero attached hydrogens (tertiary/aromatic N) is 1. The van der Waals surface area contributed by atoms with Crippen molar-refractivity contribution in [2.24, 2.45) is 0 Å². The molecule has 0 spiro atoms. The molecule has 5 aromatic rings. The Morgan fingerprint density at radius 1 is 1.00 bits per heavy atom. The van der Waals surface area contributed by atoms with Crippen molar-refractivity contribution < 1.29 is 18.0 Å². The Morgan fingerprint density at radius 2 is 1.84 bits per heavy atom. The molecule has 0 aliphatic heterocycles. The molecular weight excluding hydrogens is 431 g/mol. The highest BCUT2D eigenvalue weighted by atomic mass is 35.5. The zero-order chi connectivity index (χ0) is 22.2. The Bertz CT molecular complexity index is 1470. The van der Waals surface area contributed by atoms with E-state index < -0.39 is 11.7 Å². The van der Waals surface area contributed by atoms with Gasteiger partial charge in [-0.1, -0.05) is 35.9 Å². The molecule has 5 nitrogen and oxygen atoms in total. The lowest BCUT2D eigenvalue weighted by Crippen LogP contribution is -2.10. The van der Waals surface area contributed by atoms with Gasteiger partial charge in [0.05, 0.1) is 5.56 Å². The van der Waals surface area contributed by atoms with Crippen LogP contribution in [-0.2, 0) is 0 Å². The summed E-state index contributed by atoms with van der Waals surface area (Å²) in [5.41, 5.74) is 3.50. The number of carbonyl (C=O) groups is 1. The van der Waals surface area contributed by atoms with E-state index in [1.165, 1.54) is 6.07 Å². The van der Waals surface area contributed by atoms with Gasteiger partial charge < -0.3 is 14.2 Å². The van der Waals surface area contributed by atoms with E-state index in [4.69, 9.17) is 20.4 Å². The van der Waals surface area contributed by atoms with Gasteiger partial charge in [0.15, 0.2) is 11.3 Å². The summed E-state index contributed by atoms with van der Waals surface area (Å²) in [6, 6.07) is 20.1. The van der Waals surface area contributed by atoms with E-state index in [2.05, 4.69) is 10.3 Å². The largest absolute Gasteiger partial charge is 0.451 e. The number of hydrogen-bond donors (Lipinski definition) is 1. The second kappa shape index (κ2) is 7.98. The number of aryl methyl sites for hydroxylation is 1. The van der Waals surface area contributed by atoms with Gasteiger partial charge in [0.1, 0.15) is 17.1 Å². The van der Waals surface area contributed by atoms with E-state index in [1.54, 1.807) is 54.6 Å². The van der Waals surface area contributed by atoms with Crippen LogP contribution in [0.25, 0.3) is 33.9 Å². The molecule has 0 aliphatic carbocycles. The number of anilines is 1. The van der Waals surface area contributed by atoms with Crippen molar-refractivity contribution in [1.29, 1.82) is 0 Å². The molecule has 32 heavy (non-hydrogen) atoms. The molecule has 0 saturated heterocycles. The smallest absolute Gasteiger partial charge is 0.291 e. The first-order chi connectivity index (χ1) is 15.5. The number of amides is 1. The predicted octanol–water partition coefficient (Wildman–Crippen LogP) is 7.11. The van der Waals surface area contributed by atoms with E-state index in [1.807, 2.05) is 19.1 Å². The number of hydrogen-bond acceptors (Lipinski definition) is 4. The summed E-state index contributed by atoms with van der Waals surface area (Å²) in [6.45, 7) is 1.91. The third-order valence-electron chi connectivity index (χ3n) is 5.04. The van der Waals surface area contributed by atoms with Crippen LogP contribution >= 0.6 is 11.6 Å². The molecule has 0 bridgehead atoms. The number of carbonyl (C=O) groups excluding carboxylic acids is 1. The molecule has 0 unspecified atom stereocenters. The minimum atomic E-state index is -0.420. The summed E-state index contributed by atoms with van der Waals surface area (Å²) < 4.78 is 25.4. The average Bonchev–Trinajstić information content (AvgIpc) is 3.43. The number of aromatic nitrogens is 1. The quantitative estimate of drug-likeness (QED) is 0.319. The zero-order valence-corrected chi connectivity index (χ0v) is 17.6. The van der Waals surface area contributed by atoms with Crippen LogP contribution < -0.4 is 5.32 Å². The maximum atomic E-state index is 14.0. The predicted molar refractivity (Wildman–Crippen MR) is 121 cm³/mol. The molecule has 158 valence electrons. The van der Waals surface area contributed by atoms with Crippen molar-refractivity contribution >= 4 is 34.3 Å². The minimum Gasteiger partial charge on any atom is -0.451 e. The van der Waals surface area contributed by atoms with Gasteiger partial charge in [0.2, 0.25) is 5.89 Å². The molecule has 1 amide bonds. The molecule has 0 atom stereocenters. The second-order valence-electron chi connectivity index (χ2n) is 7.26. The van der Waals surface area contributed by atoms with Crippen molar-refractivity contribution in [1.82, 2.24) is 4.98 Å². The number of oxazole rings is 1. The van der Waals surface area contributed by atoms with Crippen molar-refractivity contribution in [2.45, 2.75) is 6.92 Å². The van der Waals surface area contributed by atoms with E-state index in [0.29, 0.717) is 27.6 Å². The van der Waals surface area contributed by atoms with Crippen LogP contribution in [0, 0.1) is 12.7 Å². The number of nitrogens with one attached hydrogen (secondary N) is 1. The molecule has 5 rings (SSSR count). The first-order valence-corrected chi connectivity index (χ1v) is 10.2. The van der Waals surface area contributed by atoms with Crippen molar-refractivity contribution in [3.63, 3.8) is 0 Å². The lowest BCUT2D eigenvalue weighted by Gasteiger charge is -2.03. The van der Waals surface area contributed by atoms with Gasteiger partial charge in [-0.25, -0.2) is 9.37 Å². The lowest BCUT2D eigenvalue weighted by molar-refractivity contribution is 0.0997. The number of benzene rings is 3. The summed E-state index contributed by atoms with van der Waals surface area (Å²) in [4.78, 5) is 17.0. The molecule has 2 heterocycles. The monoisotopic (exact) mass is 446 g/mol. The molecule has 0 aliphatic rings. The molecule has 3 aromatic carbocycles. The molecule has 2 aromatic heterocycles. The van der Waals surface area contributed by atoms with Crippen molar-refractivity contribution in [3.8, 4) is 22.8 Å². The fourth-order valence-electron chi connectivity index (χ4n) is 3.31. The molecular formula is C25H16ClFN2O3. The molecule has 0 fully saturated rings. The molecule has 0 saturated carbocycles. The Kier molecular flexibility index (Phi) is 4.99. The van der Waals surface area contributed by atoms with E-state index in [-0.39, 0.29) is 17.2 Å². The third kappa shape index (κ3) is 3.76. The highest BCUT2D eigenvalue weighted by molar-refractivity contribution is 6.31. The maximum Gasteiger partial charge on any atom is 0.291 e. The van der Waals surface area contributed by atoms with Crippen LogP contribution in [-0.4, -0.2) is 10.9 Å². The number of fused-ring (bicyclic) bond motifs is 1. The van der Waals surface area contributed by atoms with Crippen LogP contribution in [0.1, 0.15) is 16.1 Å². The minimum absolute atomic E-state index is 0.156.